The molecular weight excluding hydrogens is 378 g/mol. The van der Waals surface area contributed by atoms with Crippen LogP contribution in [0.2, 0.25) is 0 Å². The number of aromatic nitrogens is 2. The fourth-order valence-electron chi connectivity index (χ4n) is 3.35. The molecular formula is C20H22BrN3O. The predicted molar refractivity (Wildman–Crippen MR) is 106 cm³/mol. The van der Waals surface area contributed by atoms with Crippen LogP contribution in [0.25, 0.3) is 5.65 Å². The van der Waals surface area contributed by atoms with E-state index in [1.165, 1.54) is 5.56 Å². The highest BCUT2D eigenvalue weighted by Gasteiger charge is 2.21. The minimum absolute atomic E-state index is 0.128. The van der Waals surface area contributed by atoms with Crippen molar-refractivity contribution in [3.8, 4) is 0 Å². The van der Waals surface area contributed by atoms with Gasteiger partial charge in [-0.15, -0.1) is 0 Å². The van der Waals surface area contributed by atoms with E-state index in [9.17, 15) is 4.79 Å². The van der Waals surface area contributed by atoms with Gasteiger partial charge in [-0.1, -0.05) is 24.6 Å². The Hall–Kier alpha value is -2.14. The number of anilines is 1. The summed E-state index contributed by atoms with van der Waals surface area (Å²) in [6.07, 6.45) is 2.60. The largest absolute Gasteiger partial charge is 0.320 e. The maximum Gasteiger partial charge on any atom is 0.274 e. The maximum atomic E-state index is 13.1. The van der Waals surface area contributed by atoms with Crippen LogP contribution >= 0.6 is 15.9 Å². The number of nitrogens with one attached hydrogen (secondary N) is 1. The average molecular weight is 400 g/mol. The van der Waals surface area contributed by atoms with E-state index in [2.05, 4.69) is 45.3 Å². The summed E-state index contributed by atoms with van der Waals surface area (Å²) in [6.45, 7) is 10.1. The van der Waals surface area contributed by atoms with Crippen molar-refractivity contribution < 1.29 is 4.79 Å². The van der Waals surface area contributed by atoms with Gasteiger partial charge in [0.2, 0.25) is 0 Å². The first kappa shape index (κ1) is 17.7. The monoisotopic (exact) mass is 399 g/mol. The van der Waals surface area contributed by atoms with Gasteiger partial charge in [0.1, 0.15) is 11.3 Å². The van der Waals surface area contributed by atoms with Crippen molar-refractivity contribution in [1.82, 2.24) is 9.38 Å². The number of halogens is 1. The van der Waals surface area contributed by atoms with Crippen LogP contribution in [-0.4, -0.2) is 15.3 Å². The molecule has 25 heavy (non-hydrogen) atoms. The van der Waals surface area contributed by atoms with Crippen molar-refractivity contribution in [3.63, 3.8) is 0 Å². The summed E-state index contributed by atoms with van der Waals surface area (Å²) in [5.41, 5.74) is 7.46. The van der Waals surface area contributed by atoms with Crippen molar-refractivity contribution in [2.45, 2.75) is 41.0 Å². The number of nitrogens with zero attached hydrogens (tertiary/aromatic N) is 2. The van der Waals surface area contributed by atoms with Gasteiger partial charge in [0, 0.05) is 16.4 Å². The molecule has 0 unspecified atom stereocenters. The molecule has 1 amide bonds. The average Bonchev–Trinajstić information content (AvgIpc) is 2.89. The van der Waals surface area contributed by atoms with E-state index < -0.39 is 0 Å². The Morgan fingerprint density at radius 1 is 1.12 bits per heavy atom. The molecule has 0 aliphatic heterocycles. The summed E-state index contributed by atoms with van der Waals surface area (Å²) in [5, 5.41) is 3.10. The number of carbonyl (C=O) groups is 1. The lowest BCUT2D eigenvalue weighted by atomic mass is 10.0. The fourth-order valence-corrected chi connectivity index (χ4v) is 3.90. The molecule has 0 saturated heterocycles. The third kappa shape index (κ3) is 3.21. The van der Waals surface area contributed by atoms with Crippen LogP contribution in [0.3, 0.4) is 0 Å². The molecule has 1 N–H and O–H groups in total. The molecule has 130 valence electrons. The normalized spacial score (nSPS) is 11.1. The van der Waals surface area contributed by atoms with Crippen molar-refractivity contribution in [3.05, 3.63) is 62.5 Å². The molecule has 4 nitrogen and oxygen atoms in total. The Labute approximate surface area is 156 Å². The Morgan fingerprint density at radius 2 is 1.76 bits per heavy atom. The SMILES string of the molecule is CCc1nc2c(C)cc(Br)cn2c1C(=O)Nc1c(C)cc(C)cc1C. The number of imidazole rings is 1. The molecule has 0 fully saturated rings. The van der Waals surface area contributed by atoms with E-state index in [1.54, 1.807) is 0 Å². The molecule has 0 spiro atoms. The minimum atomic E-state index is -0.128. The number of carbonyl (C=O) groups excluding carboxylic acids is 1. The second-order valence-corrected chi connectivity index (χ2v) is 7.44. The highest BCUT2D eigenvalue weighted by molar-refractivity contribution is 9.10. The molecule has 0 aliphatic carbocycles. The van der Waals surface area contributed by atoms with Gasteiger partial charge in [-0.2, -0.15) is 0 Å². The van der Waals surface area contributed by atoms with E-state index in [0.29, 0.717) is 12.1 Å². The molecule has 2 heterocycles. The van der Waals surface area contributed by atoms with Crippen LogP contribution in [-0.2, 0) is 6.42 Å². The first-order valence-electron chi connectivity index (χ1n) is 8.38. The Kier molecular flexibility index (Phi) is 4.69. The maximum absolute atomic E-state index is 13.1. The second-order valence-electron chi connectivity index (χ2n) is 6.52. The fraction of sp³-hybridized carbons (Fsp3) is 0.300. The topological polar surface area (TPSA) is 46.4 Å². The Balaban J connectivity index is 2.12. The van der Waals surface area contributed by atoms with Gasteiger partial charge in [0.05, 0.1) is 5.69 Å². The molecule has 3 rings (SSSR count). The molecule has 2 aromatic heterocycles. The van der Waals surface area contributed by atoms with Crippen LogP contribution in [0.4, 0.5) is 5.69 Å². The molecule has 0 radical (unpaired) electrons. The zero-order valence-corrected chi connectivity index (χ0v) is 16.8. The van der Waals surface area contributed by atoms with Gasteiger partial charge in [-0.25, -0.2) is 4.98 Å². The van der Waals surface area contributed by atoms with Crippen LogP contribution in [0.15, 0.2) is 28.9 Å². The van der Waals surface area contributed by atoms with Crippen molar-refractivity contribution in [2.75, 3.05) is 5.32 Å². The van der Waals surface area contributed by atoms with Crippen molar-refractivity contribution in [1.29, 1.82) is 0 Å². The standard InChI is InChI=1S/C20H22BrN3O/c1-6-16-18(24-10-15(21)9-14(5)19(24)22-16)20(25)23-17-12(3)7-11(2)8-13(17)4/h7-10H,6H2,1-5H3,(H,23,25). The quantitative estimate of drug-likeness (QED) is 0.661. The van der Waals surface area contributed by atoms with Crippen LogP contribution in [0.1, 0.15) is 45.4 Å². The van der Waals surface area contributed by atoms with E-state index in [1.807, 2.05) is 44.4 Å². The second kappa shape index (κ2) is 6.64. The van der Waals surface area contributed by atoms with Gasteiger partial charge in [-0.3, -0.25) is 9.20 Å². The third-order valence-corrected chi connectivity index (χ3v) is 4.84. The number of rotatable bonds is 3. The van der Waals surface area contributed by atoms with Crippen LogP contribution in [0.5, 0.6) is 0 Å². The molecule has 1 aromatic carbocycles. The van der Waals surface area contributed by atoms with Crippen LogP contribution < -0.4 is 5.32 Å². The lowest BCUT2D eigenvalue weighted by Crippen LogP contribution is -2.18. The van der Waals surface area contributed by atoms with Crippen molar-refractivity contribution >= 4 is 33.2 Å². The molecule has 5 heteroatoms. The predicted octanol–water partition coefficient (Wildman–Crippen LogP) is 5.15. The number of hydrogen-bond acceptors (Lipinski definition) is 2. The molecule has 0 aliphatic rings. The summed E-state index contributed by atoms with van der Waals surface area (Å²) in [7, 11) is 0. The zero-order valence-electron chi connectivity index (χ0n) is 15.2. The summed E-state index contributed by atoms with van der Waals surface area (Å²) >= 11 is 3.52. The summed E-state index contributed by atoms with van der Waals surface area (Å²) in [6, 6.07) is 6.18. The van der Waals surface area contributed by atoms with E-state index in [4.69, 9.17) is 0 Å². The smallest absolute Gasteiger partial charge is 0.274 e. The first-order valence-corrected chi connectivity index (χ1v) is 9.17. The first-order chi connectivity index (χ1) is 11.8. The highest BCUT2D eigenvalue weighted by atomic mass is 79.9. The number of fused-ring (bicyclic) bond motifs is 1. The van der Waals surface area contributed by atoms with Gasteiger partial charge < -0.3 is 5.32 Å². The van der Waals surface area contributed by atoms with Gasteiger partial charge in [0.25, 0.3) is 5.91 Å². The summed E-state index contributed by atoms with van der Waals surface area (Å²) in [5.74, 6) is -0.128. The Bertz CT molecular complexity index is 965. The zero-order chi connectivity index (χ0) is 18.3. The number of aryl methyl sites for hydroxylation is 5. The highest BCUT2D eigenvalue weighted by Crippen LogP contribution is 2.25. The van der Waals surface area contributed by atoms with Crippen LogP contribution in [0, 0.1) is 27.7 Å². The number of amides is 1. The number of benzene rings is 1. The van der Waals surface area contributed by atoms with Gasteiger partial charge in [-0.05, 0) is 72.8 Å². The molecule has 0 atom stereocenters. The lowest BCUT2D eigenvalue weighted by Gasteiger charge is -2.13. The Morgan fingerprint density at radius 3 is 2.36 bits per heavy atom. The molecule has 0 saturated carbocycles. The van der Waals surface area contributed by atoms with E-state index >= 15 is 0 Å². The molecule has 3 aromatic rings. The van der Waals surface area contributed by atoms with Gasteiger partial charge >= 0.3 is 0 Å². The summed E-state index contributed by atoms with van der Waals surface area (Å²) in [4.78, 5) is 17.8. The van der Waals surface area contributed by atoms with E-state index in [-0.39, 0.29) is 5.91 Å². The molecule has 0 bridgehead atoms. The number of hydrogen-bond donors (Lipinski definition) is 1. The third-order valence-electron chi connectivity index (χ3n) is 4.41. The van der Waals surface area contributed by atoms with E-state index in [0.717, 1.165) is 38.2 Å². The van der Waals surface area contributed by atoms with Gasteiger partial charge in [0.15, 0.2) is 0 Å². The lowest BCUT2D eigenvalue weighted by molar-refractivity contribution is 0.102. The summed E-state index contributed by atoms with van der Waals surface area (Å²) < 4.78 is 2.81. The minimum Gasteiger partial charge on any atom is -0.320 e. The van der Waals surface area contributed by atoms with Crippen molar-refractivity contribution in [2.24, 2.45) is 0 Å². The number of pyridine rings is 1.